The molecule has 0 radical (unpaired) electrons. The molecule has 0 aliphatic rings. The van der Waals surface area contributed by atoms with Crippen LogP contribution in [-0.4, -0.2) is 30.9 Å². The molecular weight excluding hydrogens is 364 g/mol. The van der Waals surface area contributed by atoms with Crippen molar-refractivity contribution in [3.8, 4) is 11.3 Å². The van der Waals surface area contributed by atoms with Crippen LogP contribution in [0, 0.1) is 6.92 Å². The van der Waals surface area contributed by atoms with Crippen LogP contribution in [0.5, 0.6) is 0 Å². The number of anilines is 2. The molecule has 27 heavy (non-hydrogen) atoms. The maximum atomic E-state index is 12.4. The molecule has 146 valence electrons. The van der Waals surface area contributed by atoms with Gasteiger partial charge in [0.25, 0.3) is 5.91 Å². The summed E-state index contributed by atoms with van der Waals surface area (Å²) in [6.45, 7) is 1.76. The number of hydrogen-bond donors (Lipinski definition) is 2. The normalized spacial score (nSPS) is 11.1. The molecule has 0 fully saturated rings. The van der Waals surface area contributed by atoms with E-state index in [1.807, 2.05) is 42.5 Å². The van der Waals surface area contributed by atoms with Gasteiger partial charge in [-0.2, -0.15) is 0 Å². The first kappa shape index (κ1) is 20.2. The minimum atomic E-state index is -1.86. The number of carbonyl (C=O) groups is 1. The van der Waals surface area contributed by atoms with E-state index in [1.54, 1.807) is 25.3 Å². The molecule has 0 aliphatic carbocycles. The van der Waals surface area contributed by atoms with Crippen molar-refractivity contribution in [2.24, 2.45) is 0 Å². The molecule has 1 heterocycles. The van der Waals surface area contributed by atoms with Gasteiger partial charge in [0, 0.05) is 21.2 Å². The predicted octanol–water partition coefficient (Wildman–Crippen LogP) is 3.52. The molecular formula is C19H25N4O3S-. The molecule has 1 amide bonds. The number of nitrogens with one attached hydrogen (secondary N) is 1. The molecule has 0 aliphatic heterocycles. The van der Waals surface area contributed by atoms with Crippen LogP contribution in [0.2, 0.25) is 0 Å². The van der Waals surface area contributed by atoms with Gasteiger partial charge in [-0.25, -0.2) is 4.98 Å². The summed E-state index contributed by atoms with van der Waals surface area (Å²) in [6.07, 6.45) is 2.73. The summed E-state index contributed by atoms with van der Waals surface area (Å²) in [7, 11) is 0. The third-order valence-electron chi connectivity index (χ3n) is 3.38. The molecule has 0 saturated heterocycles. The Bertz CT molecular complexity index is 959. The first-order chi connectivity index (χ1) is 12.9. The Morgan fingerprint density at radius 3 is 2.48 bits per heavy atom. The number of nitrogens with two attached hydrogens (primary N) is 1. The van der Waals surface area contributed by atoms with Crippen molar-refractivity contribution in [2.75, 3.05) is 17.3 Å². The number of aromatic nitrogens is 2. The van der Waals surface area contributed by atoms with Crippen LogP contribution >= 0.6 is 0 Å². The lowest BCUT2D eigenvalue weighted by Gasteiger charge is -2.09. The molecule has 8 heteroatoms. The summed E-state index contributed by atoms with van der Waals surface area (Å²) in [5, 5.41) is 2.82. The first-order valence-electron chi connectivity index (χ1n) is 7.93. The minimum absolute atomic E-state index is 0. The highest BCUT2D eigenvalue weighted by molar-refractivity contribution is 7.78. The summed E-state index contributed by atoms with van der Waals surface area (Å²) >= 11 is -1.86. The lowest BCUT2D eigenvalue weighted by molar-refractivity contribution is 0.102. The molecule has 3 aromatic rings. The molecule has 3 N–H and O–H groups in total. The number of aryl methyl sites for hydroxylation is 1. The van der Waals surface area contributed by atoms with Crippen molar-refractivity contribution in [2.45, 2.75) is 6.92 Å². The third kappa shape index (κ3) is 6.28. The minimum Gasteiger partial charge on any atom is -0.773 e. The average Bonchev–Trinajstić information content (AvgIpc) is 2.62. The highest BCUT2D eigenvalue weighted by Gasteiger charge is 2.14. The Hall–Kier alpha value is -3.10. The summed E-state index contributed by atoms with van der Waals surface area (Å²) in [4.78, 5) is 21.2. The van der Waals surface area contributed by atoms with E-state index >= 15 is 0 Å². The fourth-order valence-electron chi connectivity index (χ4n) is 2.21. The summed E-state index contributed by atoms with van der Waals surface area (Å²) < 4.78 is 18.0. The van der Waals surface area contributed by atoms with E-state index in [-0.39, 0.29) is 10.2 Å². The Morgan fingerprint density at radius 2 is 1.85 bits per heavy atom. The van der Waals surface area contributed by atoms with E-state index in [2.05, 4.69) is 15.3 Å². The molecule has 0 spiro atoms. The Morgan fingerprint density at radius 1 is 1.19 bits per heavy atom. The van der Waals surface area contributed by atoms with Gasteiger partial charge < -0.3 is 15.6 Å². The van der Waals surface area contributed by atoms with Crippen molar-refractivity contribution in [3.63, 3.8) is 0 Å². The van der Waals surface area contributed by atoms with E-state index in [9.17, 15) is 4.79 Å². The van der Waals surface area contributed by atoms with Crippen LogP contribution in [0.15, 0.2) is 60.8 Å². The van der Waals surface area contributed by atoms with Crippen LogP contribution in [0.3, 0.4) is 0 Å². The lowest BCUT2D eigenvalue weighted by Crippen LogP contribution is -2.16. The van der Waals surface area contributed by atoms with Gasteiger partial charge in [-0.15, -0.1) is 0 Å². The maximum absolute atomic E-state index is 12.4. The second-order valence-electron chi connectivity index (χ2n) is 5.54. The standard InChI is InChI=1S/C18H16N4O.CH4O2S.3H2/c1-12-17(18(23)21-15-8-3-2-4-9-15)22-16(11-20-12)13-6-5-7-14(19)10-13;1-4(2)3;;;/h2-11H,19H2,1H3,(H,21,23);1H3,(H,2,3);3*1H/p-1. The van der Waals surface area contributed by atoms with Gasteiger partial charge in [-0.05, 0) is 37.4 Å². The van der Waals surface area contributed by atoms with Crippen LogP contribution in [0.25, 0.3) is 11.3 Å². The zero-order valence-electron chi connectivity index (χ0n) is 14.9. The Balaban J connectivity index is 0. The monoisotopic (exact) mass is 389 g/mol. The number of carbonyl (C=O) groups excluding carboxylic acids is 1. The van der Waals surface area contributed by atoms with Gasteiger partial charge in [0.2, 0.25) is 0 Å². The van der Waals surface area contributed by atoms with Gasteiger partial charge in [0.05, 0.1) is 17.6 Å². The number of para-hydroxylation sites is 1. The molecule has 1 unspecified atom stereocenters. The van der Waals surface area contributed by atoms with E-state index < -0.39 is 11.1 Å². The van der Waals surface area contributed by atoms with Crippen LogP contribution in [0.4, 0.5) is 11.4 Å². The average molecular weight is 390 g/mol. The largest absolute Gasteiger partial charge is 0.773 e. The van der Waals surface area contributed by atoms with E-state index in [4.69, 9.17) is 14.5 Å². The number of hydrogen-bond acceptors (Lipinski definition) is 6. The van der Waals surface area contributed by atoms with Gasteiger partial charge in [-0.1, -0.05) is 41.4 Å². The van der Waals surface area contributed by atoms with E-state index in [0.29, 0.717) is 28.5 Å². The Kier molecular flexibility index (Phi) is 7.16. The second kappa shape index (κ2) is 9.56. The predicted molar refractivity (Wildman–Crippen MR) is 112 cm³/mol. The second-order valence-corrected chi connectivity index (χ2v) is 6.34. The number of amides is 1. The van der Waals surface area contributed by atoms with E-state index in [1.165, 1.54) is 0 Å². The fraction of sp³-hybridized carbons (Fsp3) is 0.105. The van der Waals surface area contributed by atoms with Gasteiger partial charge in [0.15, 0.2) is 0 Å². The number of nitrogens with zero attached hydrogens (tertiary/aromatic N) is 2. The Labute approximate surface area is 164 Å². The molecule has 2 aromatic carbocycles. The third-order valence-corrected chi connectivity index (χ3v) is 3.38. The SMILES string of the molecule is CS(=O)[O-].Cc1ncc(-c2cccc(N)c2)nc1C(=O)Nc1ccccc1.[HH].[HH].[HH]. The number of nitrogen functional groups attached to an aromatic ring is 1. The van der Waals surface area contributed by atoms with Crippen LogP contribution in [-0.2, 0) is 11.1 Å². The number of rotatable bonds is 3. The zero-order chi connectivity index (χ0) is 19.8. The topological polar surface area (TPSA) is 121 Å². The molecule has 0 saturated carbocycles. The van der Waals surface area contributed by atoms with Crippen LogP contribution < -0.4 is 11.1 Å². The van der Waals surface area contributed by atoms with Gasteiger partial charge >= 0.3 is 0 Å². The smallest absolute Gasteiger partial charge is 0.276 e. The quantitative estimate of drug-likeness (QED) is 0.522. The van der Waals surface area contributed by atoms with Gasteiger partial charge in [0.1, 0.15) is 5.69 Å². The van der Waals surface area contributed by atoms with Crippen molar-refractivity contribution < 1.29 is 17.8 Å². The van der Waals surface area contributed by atoms with Crippen molar-refractivity contribution in [3.05, 3.63) is 72.2 Å². The molecule has 1 aromatic heterocycles. The highest BCUT2D eigenvalue weighted by atomic mass is 32.2. The van der Waals surface area contributed by atoms with Crippen molar-refractivity contribution >= 4 is 28.4 Å². The summed E-state index contributed by atoms with van der Waals surface area (Å²) in [5.41, 5.74) is 9.47. The summed E-state index contributed by atoms with van der Waals surface area (Å²) in [5.74, 6) is -0.285. The first-order valence-corrected chi connectivity index (χ1v) is 9.42. The lowest BCUT2D eigenvalue weighted by atomic mass is 10.1. The van der Waals surface area contributed by atoms with Crippen LogP contribution in [0.1, 0.15) is 20.5 Å². The molecule has 3 rings (SSSR count). The molecule has 0 bridgehead atoms. The molecule has 1 atom stereocenters. The zero-order valence-corrected chi connectivity index (χ0v) is 15.7. The van der Waals surface area contributed by atoms with E-state index in [0.717, 1.165) is 11.8 Å². The van der Waals surface area contributed by atoms with Gasteiger partial charge in [-0.3, -0.25) is 14.0 Å². The molecule has 7 nitrogen and oxygen atoms in total. The number of benzene rings is 2. The van der Waals surface area contributed by atoms with Crippen molar-refractivity contribution in [1.82, 2.24) is 9.97 Å². The fourth-order valence-corrected chi connectivity index (χ4v) is 2.21. The summed E-state index contributed by atoms with van der Waals surface area (Å²) in [6, 6.07) is 16.6. The van der Waals surface area contributed by atoms with Crippen molar-refractivity contribution in [1.29, 1.82) is 0 Å². The maximum Gasteiger partial charge on any atom is 0.276 e. The highest BCUT2D eigenvalue weighted by Crippen LogP contribution is 2.20.